The zero-order valence-corrected chi connectivity index (χ0v) is 11.2. The Kier molecular flexibility index (Phi) is 4.59. The second-order valence-electron chi connectivity index (χ2n) is 4.22. The van der Waals surface area contributed by atoms with Gasteiger partial charge in [0.25, 0.3) is 0 Å². The fraction of sp³-hybridized carbons (Fsp3) is 0.462. The lowest BCUT2D eigenvalue weighted by atomic mass is 10.2. The largest absolute Gasteiger partial charge is 0.380 e. The molecule has 0 aromatic heterocycles. The Bertz CT molecular complexity index is 435. The molecule has 0 aliphatic carbocycles. The van der Waals surface area contributed by atoms with Crippen LogP contribution in [0.25, 0.3) is 0 Å². The van der Waals surface area contributed by atoms with Crippen molar-refractivity contribution in [3.05, 3.63) is 24.3 Å². The highest BCUT2D eigenvalue weighted by Gasteiger charge is 2.21. The van der Waals surface area contributed by atoms with E-state index in [9.17, 15) is 4.79 Å². The van der Waals surface area contributed by atoms with E-state index in [2.05, 4.69) is 10.6 Å². The number of hydrogen-bond donors (Lipinski definition) is 2. The number of nitrogens with zero attached hydrogens (tertiary/aromatic N) is 1. The first-order valence-corrected chi connectivity index (χ1v) is 6.19. The van der Waals surface area contributed by atoms with E-state index < -0.39 is 0 Å². The number of methoxy groups -OCH3 is 2. The molecular formula is C13H19N3O3. The minimum Gasteiger partial charge on any atom is -0.380 e. The van der Waals surface area contributed by atoms with E-state index in [0.717, 1.165) is 11.4 Å². The Morgan fingerprint density at radius 3 is 2.84 bits per heavy atom. The van der Waals surface area contributed by atoms with Gasteiger partial charge in [0.1, 0.15) is 0 Å². The van der Waals surface area contributed by atoms with Gasteiger partial charge in [0.2, 0.25) is 0 Å². The number of benzene rings is 1. The van der Waals surface area contributed by atoms with E-state index in [1.165, 1.54) is 0 Å². The highest BCUT2D eigenvalue weighted by molar-refractivity contribution is 5.94. The van der Waals surface area contributed by atoms with Gasteiger partial charge in [0, 0.05) is 38.7 Å². The molecule has 104 valence electrons. The third-order valence-electron chi connectivity index (χ3n) is 3.01. The zero-order valence-electron chi connectivity index (χ0n) is 11.2. The van der Waals surface area contributed by atoms with Gasteiger partial charge >= 0.3 is 6.03 Å². The average Bonchev–Trinajstić information content (AvgIpc) is 2.86. The molecule has 6 heteroatoms. The zero-order chi connectivity index (χ0) is 13.7. The monoisotopic (exact) mass is 265 g/mol. The summed E-state index contributed by atoms with van der Waals surface area (Å²) in [7, 11) is 3.20. The SMILES string of the molecule is COC(CNc1cccc(N2CCNC2=O)c1)OC. The van der Waals surface area contributed by atoms with Crippen molar-refractivity contribution in [1.82, 2.24) is 5.32 Å². The molecule has 0 saturated carbocycles. The molecule has 2 rings (SSSR count). The van der Waals surface area contributed by atoms with Crippen LogP contribution in [0, 0.1) is 0 Å². The molecule has 0 atom stereocenters. The Morgan fingerprint density at radius 2 is 2.21 bits per heavy atom. The Labute approximate surface area is 112 Å². The van der Waals surface area contributed by atoms with Gasteiger partial charge in [-0.2, -0.15) is 0 Å². The number of urea groups is 1. The molecule has 0 radical (unpaired) electrons. The molecule has 1 fully saturated rings. The fourth-order valence-corrected chi connectivity index (χ4v) is 1.97. The van der Waals surface area contributed by atoms with Gasteiger partial charge in [0.15, 0.2) is 6.29 Å². The first kappa shape index (κ1) is 13.6. The Morgan fingerprint density at radius 1 is 1.42 bits per heavy atom. The van der Waals surface area contributed by atoms with Gasteiger partial charge in [-0.25, -0.2) is 4.79 Å². The maximum atomic E-state index is 11.6. The van der Waals surface area contributed by atoms with Gasteiger partial charge in [-0.15, -0.1) is 0 Å². The smallest absolute Gasteiger partial charge is 0.321 e. The van der Waals surface area contributed by atoms with E-state index in [-0.39, 0.29) is 12.3 Å². The third-order valence-corrected chi connectivity index (χ3v) is 3.01. The van der Waals surface area contributed by atoms with Crippen LogP contribution in [0.5, 0.6) is 0 Å². The molecule has 1 aliphatic heterocycles. The molecule has 19 heavy (non-hydrogen) atoms. The van der Waals surface area contributed by atoms with Crippen LogP contribution in [0.15, 0.2) is 24.3 Å². The van der Waals surface area contributed by atoms with Gasteiger partial charge in [-0.3, -0.25) is 4.90 Å². The number of nitrogens with one attached hydrogen (secondary N) is 2. The summed E-state index contributed by atoms with van der Waals surface area (Å²) in [5, 5.41) is 6.00. The predicted molar refractivity (Wildman–Crippen MR) is 73.5 cm³/mol. The minimum absolute atomic E-state index is 0.0520. The van der Waals surface area contributed by atoms with Crippen LogP contribution in [0.1, 0.15) is 0 Å². The van der Waals surface area contributed by atoms with Crippen LogP contribution >= 0.6 is 0 Å². The summed E-state index contributed by atoms with van der Waals surface area (Å²) in [5.74, 6) is 0. The quantitative estimate of drug-likeness (QED) is 0.760. The van der Waals surface area contributed by atoms with Crippen molar-refractivity contribution < 1.29 is 14.3 Å². The van der Waals surface area contributed by atoms with Gasteiger partial charge in [-0.1, -0.05) is 6.07 Å². The average molecular weight is 265 g/mol. The van der Waals surface area contributed by atoms with Crippen molar-refractivity contribution in [3.63, 3.8) is 0 Å². The number of rotatable bonds is 6. The van der Waals surface area contributed by atoms with Crippen LogP contribution in [-0.2, 0) is 9.47 Å². The highest BCUT2D eigenvalue weighted by atomic mass is 16.7. The molecule has 0 unspecified atom stereocenters. The van der Waals surface area contributed by atoms with Gasteiger partial charge < -0.3 is 20.1 Å². The summed E-state index contributed by atoms with van der Waals surface area (Å²) in [6, 6.07) is 7.66. The maximum Gasteiger partial charge on any atom is 0.321 e. The van der Waals surface area contributed by atoms with Gasteiger partial charge in [-0.05, 0) is 18.2 Å². The molecule has 2 N–H and O–H groups in total. The standard InChI is InChI=1S/C13H19N3O3/c1-18-12(19-2)9-15-10-4-3-5-11(8-10)16-7-6-14-13(16)17/h3-5,8,12,15H,6-7,9H2,1-2H3,(H,14,17). The number of ether oxygens (including phenoxy) is 2. The van der Waals surface area contributed by atoms with Crippen molar-refractivity contribution in [2.45, 2.75) is 6.29 Å². The van der Waals surface area contributed by atoms with Crippen LogP contribution in [0.4, 0.5) is 16.2 Å². The van der Waals surface area contributed by atoms with Crippen LogP contribution in [0.2, 0.25) is 0 Å². The van der Waals surface area contributed by atoms with Crippen LogP contribution < -0.4 is 15.5 Å². The summed E-state index contributed by atoms with van der Waals surface area (Å²) in [6.45, 7) is 1.93. The van der Waals surface area contributed by atoms with E-state index in [1.807, 2.05) is 24.3 Å². The van der Waals surface area contributed by atoms with E-state index in [1.54, 1.807) is 19.1 Å². The van der Waals surface area contributed by atoms with Crippen molar-refractivity contribution >= 4 is 17.4 Å². The molecule has 1 aliphatic rings. The lowest BCUT2D eigenvalue weighted by Gasteiger charge is -2.18. The van der Waals surface area contributed by atoms with Crippen LogP contribution in [0.3, 0.4) is 0 Å². The van der Waals surface area contributed by atoms with Crippen molar-refractivity contribution in [3.8, 4) is 0 Å². The fourth-order valence-electron chi connectivity index (χ4n) is 1.97. The summed E-state index contributed by atoms with van der Waals surface area (Å²) in [6.07, 6.45) is -0.293. The second kappa shape index (κ2) is 6.40. The highest BCUT2D eigenvalue weighted by Crippen LogP contribution is 2.20. The number of carbonyl (C=O) groups excluding carboxylic acids is 1. The summed E-state index contributed by atoms with van der Waals surface area (Å²) >= 11 is 0. The first-order chi connectivity index (χ1) is 9.24. The summed E-state index contributed by atoms with van der Waals surface area (Å²) in [5.41, 5.74) is 1.81. The number of carbonyl (C=O) groups is 1. The molecule has 1 aromatic carbocycles. The first-order valence-electron chi connectivity index (χ1n) is 6.19. The normalized spacial score (nSPS) is 14.9. The molecular weight excluding hydrogens is 246 g/mol. The predicted octanol–water partition coefficient (Wildman–Crippen LogP) is 1.25. The summed E-state index contributed by atoms with van der Waals surface area (Å²) < 4.78 is 10.2. The topological polar surface area (TPSA) is 62.8 Å². The number of anilines is 2. The maximum absolute atomic E-state index is 11.6. The molecule has 1 saturated heterocycles. The Hall–Kier alpha value is -1.79. The lowest BCUT2D eigenvalue weighted by Crippen LogP contribution is -2.28. The van der Waals surface area contributed by atoms with E-state index in [4.69, 9.17) is 9.47 Å². The molecule has 6 nitrogen and oxygen atoms in total. The third kappa shape index (κ3) is 3.36. The molecule has 1 heterocycles. The van der Waals surface area contributed by atoms with E-state index >= 15 is 0 Å². The molecule has 2 amide bonds. The second-order valence-corrected chi connectivity index (χ2v) is 4.22. The molecule has 1 aromatic rings. The molecule has 0 spiro atoms. The van der Waals surface area contributed by atoms with Crippen LogP contribution in [-0.4, -0.2) is 46.2 Å². The van der Waals surface area contributed by atoms with Crippen molar-refractivity contribution in [1.29, 1.82) is 0 Å². The van der Waals surface area contributed by atoms with Crippen molar-refractivity contribution in [2.75, 3.05) is 44.1 Å². The number of hydrogen-bond acceptors (Lipinski definition) is 4. The number of amides is 2. The van der Waals surface area contributed by atoms with E-state index in [0.29, 0.717) is 19.6 Å². The lowest BCUT2D eigenvalue weighted by molar-refractivity contribution is -0.0914. The minimum atomic E-state index is -0.293. The molecule has 0 bridgehead atoms. The van der Waals surface area contributed by atoms with Crippen molar-refractivity contribution in [2.24, 2.45) is 0 Å². The van der Waals surface area contributed by atoms with Gasteiger partial charge in [0.05, 0.1) is 6.54 Å². The summed E-state index contributed by atoms with van der Waals surface area (Å²) in [4.78, 5) is 13.3. The Balaban J connectivity index is 2.01.